The molecule has 1 heterocycles. The lowest BCUT2D eigenvalue weighted by Crippen LogP contribution is -1.59. The number of hydrogen-bond donors (Lipinski definition) is 2. The molecule has 10 heavy (non-hydrogen) atoms. The molecule has 0 fully saturated rings. The average Bonchev–Trinajstić information content (AvgIpc) is 2.17. The Bertz CT molecular complexity index is 297. The monoisotopic (exact) mass is 155 g/mol. The maximum atomic E-state index is 8.98. The Hall–Kier alpha value is -1.21. The SMILES string of the molecule is [C-]#[N+]c1sc(C)c(O)c1O. The molecular formula is C6H5NO2S. The molecule has 2 N–H and O–H groups in total. The van der Waals surface area contributed by atoms with Gasteiger partial charge in [0.2, 0.25) is 0 Å². The van der Waals surface area contributed by atoms with E-state index in [4.69, 9.17) is 16.8 Å². The van der Waals surface area contributed by atoms with Crippen LogP contribution in [0.1, 0.15) is 4.88 Å². The summed E-state index contributed by atoms with van der Waals surface area (Å²) in [5, 5.41) is 18.1. The lowest BCUT2D eigenvalue weighted by atomic mass is 10.4. The second kappa shape index (κ2) is 2.20. The van der Waals surface area contributed by atoms with Crippen molar-refractivity contribution in [1.82, 2.24) is 0 Å². The van der Waals surface area contributed by atoms with Gasteiger partial charge in [0.05, 0.1) is 6.57 Å². The van der Waals surface area contributed by atoms with Crippen LogP contribution in [-0.2, 0) is 0 Å². The molecule has 0 amide bonds. The fraction of sp³-hybridized carbons (Fsp3) is 0.167. The van der Waals surface area contributed by atoms with Crippen molar-refractivity contribution in [2.75, 3.05) is 0 Å². The Labute approximate surface area is 62.0 Å². The van der Waals surface area contributed by atoms with E-state index >= 15 is 0 Å². The predicted octanol–water partition coefficient (Wildman–Crippen LogP) is 2.02. The maximum absolute atomic E-state index is 8.98. The van der Waals surface area contributed by atoms with Gasteiger partial charge in [-0.3, -0.25) is 0 Å². The van der Waals surface area contributed by atoms with Gasteiger partial charge in [0.15, 0.2) is 11.5 Å². The maximum Gasteiger partial charge on any atom is 0.286 e. The van der Waals surface area contributed by atoms with Crippen molar-refractivity contribution in [3.63, 3.8) is 0 Å². The molecule has 0 saturated carbocycles. The predicted molar refractivity (Wildman–Crippen MR) is 38.6 cm³/mol. The minimum Gasteiger partial charge on any atom is -0.515 e. The number of nitrogens with zero attached hydrogens (tertiary/aromatic N) is 1. The summed E-state index contributed by atoms with van der Waals surface area (Å²) in [6.07, 6.45) is 0. The fourth-order valence-electron chi connectivity index (χ4n) is 0.585. The third-order valence-electron chi connectivity index (χ3n) is 1.11. The summed E-state index contributed by atoms with van der Waals surface area (Å²) in [6, 6.07) is 0. The molecule has 0 aliphatic rings. The Morgan fingerprint density at radius 2 is 2.00 bits per heavy atom. The fourth-order valence-corrected chi connectivity index (χ4v) is 1.31. The third kappa shape index (κ3) is 0.807. The van der Waals surface area contributed by atoms with Gasteiger partial charge in [0, 0.05) is 4.88 Å². The van der Waals surface area contributed by atoms with Crippen LogP contribution >= 0.6 is 11.3 Å². The lowest BCUT2D eigenvalue weighted by Gasteiger charge is -1.86. The van der Waals surface area contributed by atoms with E-state index in [2.05, 4.69) is 4.85 Å². The summed E-state index contributed by atoms with van der Waals surface area (Å²) in [7, 11) is 0. The van der Waals surface area contributed by atoms with Gasteiger partial charge < -0.3 is 10.2 Å². The van der Waals surface area contributed by atoms with Gasteiger partial charge in [0.1, 0.15) is 0 Å². The second-order valence-electron chi connectivity index (χ2n) is 1.77. The molecule has 1 aromatic heterocycles. The van der Waals surface area contributed by atoms with Gasteiger partial charge >= 0.3 is 0 Å². The molecule has 0 saturated heterocycles. The summed E-state index contributed by atoms with van der Waals surface area (Å²) < 4.78 is 0. The summed E-state index contributed by atoms with van der Waals surface area (Å²) in [6.45, 7) is 8.21. The molecule has 4 heteroatoms. The zero-order valence-electron chi connectivity index (χ0n) is 5.25. The van der Waals surface area contributed by atoms with Crippen LogP contribution in [0.15, 0.2) is 0 Å². The van der Waals surface area contributed by atoms with Crippen molar-refractivity contribution < 1.29 is 10.2 Å². The van der Waals surface area contributed by atoms with Gasteiger partial charge in [-0.15, -0.1) is 0 Å². The van der Waals surface area contributed by atoms with Crippen LogP contribution in [0, 0.1) is 13.5 Å². The summed E-state index contributed by atoms with van der Waals surface area (Å²) in [5.74, 6) is -0.464. The van der Waals surface area contributed by atoms with Crippen LogP contribution in [0.4, 0.5) is 5.00 Å². The van der Waals surface area contributed by atoms with E-state index in [0.29, 0.717) is 4.88 Å². The first kappa shape index (κ1) is 6.90. The minimum atomic E-state index is -0.294. The zero-order chi connectivity index (χ0) is 7.72. The van der Waals surface area contributed by atoms with Gasteiger partial charge in [-0.1, -0.05) is 0 Å². The molecule has 0 spiro atoms. The number of hydrogen-bond acceptors (Lipinski definition) is 3. The van der Waals surface area contributed by atoms with Gasteiger partial charge in [0.25, 0.3) is 5.00 Å². The Kier molecular flexibility index (Phi) is 1.52. The van der Waals surface area contributed by atoms with E-state index < -0.39 is 0 Å². The number of thiophene rings is 1. The highest BCUT2D eigenvalue weighted by atomic mass is 32.1. The van der Waals surface area contributed by atoms with E-state index in [1.807, 2.05) is 0 Å². The van der Waals surface area contributed by atoms with Crippen LogP contribution in [0.5, 0.6) is 11.5 Å². The van der Waals surface area contributed by atoms with E-state index in [1.165, 1.54) is 0 Å². The normalized spacial score (nSPS) is 9.20. The van der Waals surface area contributed by atoms with Crippen LogP contribution in [0.2, 0.25) is 0 Å². The smallest absolute Gasteiger partial charge is 0.286 e. The van der Waals surface area contributed by atoms with E-state index in [0.717, 1.165) is 11.3 Å². The molecule has 0 bridgehead atoms. The highest BCUT2D eigenvalue weighted by Crippen LogP contribution is 2.45. The second-order valence-corrected chi connectivity index (χ2v) is 2.98. The third-order valence-corrected chi connectivity index (χ3v) is 2.09. The molecule has 52 valence electrons. The Balaban J connectivity index is 3.34. The molecule has 0 unspecified atom stereocenters. The Morgan fingerprint density at radius 3 is 2.20 bits per heavy atom. The largest absolute Gasteiger partial charge is 0.515 e. The minimum absolute atomic E-state index is 0.148. The van der Waals surface area contributed by atoms with Crippen LogP contribution in [0.25, 0.3) is 4.85 Å². The van der Waals surface area contributed by atoms with Crippen LogP contribution in [-0.4, -0.2) is 10.2 Å². The summed E-state index contributed by atoms with van der Waals surface area (Å²) in [5.41, 5.74) is 0. The standard InChI is InChI=1S/C6H5NO2S/c1-3-4(8)5(9)6(7-2)10-3/h8-9H,1H3. The van der Waals surface area contributed by atoms with Gasteiger partial charge in [-0.2, -0.15) is 11.3 Å². The lowest BCUT2D eigenvalue weighted by molar-refractivity contribution is 0.407. The van der Waals surface area contributed by atoms with Gasteiger partial charge in [-0.25, -0.2) is 4.85 Å². The highest BCUT2D eigenvalue weighted by molar-refractivity contribution is 7.17. The van der Waals surface area contributed by atoms with Crippen LogP contribution in [0.3, 0.4) is 0 Å². The van der Waals surface area contributed by atoms with Crippen molar-refractivity contribution in [2.45, 2.75) is 6.92 Å². The molecule has 0 aromatic carbocycles. The van der Waals surface area contributed by atoms with Crippen molar-refractivity contribution in [1.29, 1.82) is 0 Å². The first-order valence-corrected chi connectivity index (χ1v) is 3.37. The van der Waals surface area contributed by atoms with E-state index in [-0.39, 0.29) is 16.5 Å². The van der Waals surface area contributed by atoms with E-state index in [9.17, 15) is 0 Å². The molecule has 1 aromatic rings. The van der Waals surface area contributed by atoms with Crippen LogP contribution < -0.4 is 0 Å². The number of aromatic hydroxyl groups is 2. The van der Waals surface area contributed by atoms with Gasteiger partial charge in [-0.05, 0) is 6.92 Å². The molecule has 0 atom stereocenters. The zero-order valence-corrected chi connectivity index (χ0v) is 6.07. The number of aryl methyl sites for hydroxylation is 1. The quantitative estimate of drug-likeness (QED) is 0.563. The first-order valence-electron chi connectivity index (χ1n) is 2.55. The number of rotatable bonds is 0. The molecule has 0 aliphatic heterocycles. The summed E-state index contributed by atoms with van der Waals surface area (Å²) >= 11 is 1.09. The summed E-state index contributed by atoms with van der Waals surface area (Å²) in [4.78, 5) is 3.58. The molecule has 0 aliphatic carbocycles. The molecular weight excluding hydrogens is 150 g/mol. The highest BCUT2D eigenvalue weighted by Gasteiger charge is 2.12. The molecule has 0 radical (unpaired) electrons. The van der Waals surface area contributed by atoms with Crippen molar-refractivity contribution in [2.24, 2.45) is 0 Å². The average molecular weight is 155 g/mol. The topological polar surface area (TPSA) is 44.8 Å². The Morgan fingerprint density at radius 1 is 1.40 bits per heavy atom. The first-order chi connectivity index (χ1) is 4.66. The van der Waals surface area contributed by atoms with Crippen molar-refractivity contribution in [3.05, 3.63) is 16.3 Å². The van der Waals surface area contributed by atoms with Crippen molar-refractivity contribution in [3.8, 4) is 11.5 Å². The van der Waals surface area contributed by atoms with Crippen molar-refractivity contribution >= 4 is 16.3 Å². The van der Waals surface area contributed by atoms with E-state index in [1.54, 1.807) is 6.92 Å². The molecule has 1 rings (SSSR count). The molecule has 3 nitrogen and oxygen atoms in total.